The monoisotopic (exact) mass is 336 g/mol. The molecule has 2 atom stereocenters. The maximum Gasteiger partial charge on any atom is 0.241 e. The van der Waals surface area contributed by atoms with E-state index in [1.165, 1.54) is 18.2 Å². The number of aryl methyl sites for hydroxylation is 1. The van der Waals surface area contributed by atoms with Crippen LogP contribution in [0.25, 0.3) is 0 Å². The Bertz CT molecular complexity index is 749. The molecular formula is C18H19F3N2O. The van der Waals surface area contributed by atoms with Crippen LogP contribution in [0.4, 0.5) is 18.9 Å². The molecule has 2 rings (SSSR count). The van der Waals surface area contributed by atoms with E-state index in [1.807, 2.05) is 0 Å². The highest BCUT2D eigenvalue weighted by Crippen LogP contribution is 2.19. The highest BCUT2D eigenvalue weighted by atomic mass is 19.1. The molecule has 0 aliphatic heterocycles. The van der Waals surface area contributed by atoms with Gasteiger partial charge in [-0.1, -0.05) is 12.1 Å². The summed E-state index contributed by atoms with van der Waals surface area (Å²) in [6.07, 6.45) is 0. The predicted molar refractivity (Wildman–Crippen MR) is 87.1 cm³/mol. The summed E-state index contributed by atoms with van der Waals surface area (Å²) in [4.78, 5) is 12.2. The molecule has 0 bridgehead atoms. The molecule has 2 aromatic carbocycles. The van der Waals surface area contributed by atoms with E-state index in [9.17, 15) is 18.0 Å². The number of amides is 1. The van der Waals surface area contributed by atoms with Gasteiger partial charge in [0, 0.05) is 23.4 Å². The number of anilines is 1. The second-order valence-corrected chi connectivity index (χ2v) is 5.72. The highest BCUT2D eigenvalue weighted by Gasteiger charge is 2.19. The molecule has 0 fully saturated rings. The Kier molecular flexibility index (Phi) is 5.62. The third kappa shape index (κ3) is 4.35. The molecule has 128 valence electrons. The van der Waals surface area contributed by atoms with Crippen LogP contribution in [0.15, 0.2) is 36.4 Å². The first-order valence-corrected chi connectivity index (χ1v) is 7.56. The van der Waals surface area contributed by atoms with Gasteiger partial charge in [0.2, 0.25) is 5.91 Å². The molecule has 2 aromatic rings. The summed E-state index contributed by atoms with van der Waals surface area (Å²) in [6.45, 7) is 5.04. The van der Waals surface area contributed by atoms with Gasteiger partial charge in [-0.3, -0.25) is 10.1 Å². The number of rotatable bonds is 5. The fourth-order valence-electron chi connectivity index (χ4n) is 2.36. The molecule has 0 saturated carbocycles. The molecular weight excluding hydrogens is 317 g/mol. The molecule has 3 nitrogen and oxygen atoms in total. The van der Waals surface area contributed by atoms with Gasteiger partial charge < -0.3 is 5.32 Å². The lowest BCUT2D eigenvalue weighted by Gasteiger charge is -2.21. The zero-order valence-electron chi connectivity index (χ0n) is 13.7. The number of nitrogens with one attached hydrogen (secondary N) is 2. The number of hydrogen-bond acceptors (Lipinski definition) is 2. The quantitative estimate of drug-likeness (QED) is 0.863. The molecule has 0 spiro atoms. The van der Waals surface area contributed by atoms with Crippen LogP contribution in [0, 0.1) is 24.4 Å². The van der Waals surface area contributed by atoms with Crippen molar-refractivity contribution in [1.29, 1.82) is 0 Å². The average molecular weight is 336 g/mol. The maximum atomic E-state index is 13.8. The summed E-state index contributed by atoms with van der Waals surface area (Å²) in [7, 11) is 0. The van der Waals surface area contributed by atoms with Crippen molar-refractivity contribution in [3.63, 3.8) is 0 Å². The lowest BCUT2D eigenvalue weighted by molar-refractivity contribution is -0.117. The zero-order valence-corrected chi connectivity index (χ0v) is 13.7. The van der Waals surface area contributed by atoms with Crippen molar-refractivity contribution in [3.8, 4) is 0 Å². The summed E-state index contributed by atoms with van der Waals surface area (Å²) in [5.41, 5.74) is 1.38. The molecule has 0 saturated heterocycles. The summed E-state index contributed by atoms with van der Waals surface area (Å²) in [5, 5.41) is 5.58. The first-order chi connectivity index (χ1) is 11.3. The van der Waals surface area contributed by atoms with Gasteiger partial charge in [-0.15, -0.1) is 0 Å². The minimum absolute atomic E-state index is 0.262. The van der Waals surface area contributed by atoms with Crippen LogP contribution in [0.2, 0.25) is 0 Å². The van der Waals surface area contributed by atoms with Gasteiger partial charge in [0.1, 0.15) is 17.5 Å². The Labute approximate surface area is 138 Å². The number of carbonyl (C=O) groups is 1. The number of halogens is 3. The van der Waals surface area contributed by atoms with E-state index in [0.29, 0.717) is 5.69 Å². The third-order valence-electron chi connectivity index (χ3n) is 3.78. The van der Waals surface area contributed by atoms with E-state index in [0.717, 1.165) is 17.7 Å². The topological polar surface area (TPSA) is 41.1 Å². The second kappa shape index (κ2) is 7.49. The second-order valence-electron chi connectivity index (χ2n) is 5.72. The first kappa shape index (κ1) is 18.0. The SMILES string of the molecule is Cc1ccc(F)cc1NC(=O)C(C)NC(C)c1ccc(F)cc1F. The molecule has 2 unspecified atom stereocenters. The Morgan fingerprint density at radius 1 is 1.00 bits per heavy atom. The normalized spacial score (nSPS) is 13.4. The first-order valence-electron chi connectivity index (χ1n) is 7.56. The van der Waals surface area contributed by atoms with E-state index < -0.39 is 29.5 Å². The van der Waals surface area contributed by atoms with Gasteiger partial charge in [0.15, 0.2) is 0 Å². The largest absolute Gasteiger partial charge is 0.324 e. The average Bonchev–Trinajstić information content (AvgIpc) is 2.50. The van der Waals surface area contributed by atoms with Gasteiger partial charge in [-0.05, 0) is 44.5 Å². The fourth-order valence-corrected chi connectivity index (χ4v) is 2.36. The van der Waals surface area contributed by atoms with Crippen LogP contribution in [-0.4, -0.2) is 11.9 Å². The van der Waals surface area contributed by atoms with Gasteiger partial charge in [-0.25, -0.2) is 13.2 Å². The number of benzene rings is 2. The van der Waals surface area contributed by atoms with Crippen molar-refractivity contribution in [1.82, 2.24) is 5.32 Å². The smallest absolute Gasteiger partial charge is 0.241 e. The van der Waals surface area contributed by atoms with E-state index in [1.54, 1.807) is 26.8 Å². The molecule has 6 heteroatoms. The minimum atomic E-state index is -0.677. The molecule has 1 amide bonds. The molecule has 0 aliphatic rings. The maximum absolute atomic E-state index is 13.8. The number of carbonyl (C=O) groups excluding carboxylic acids is 1. The Hall–Kier alpha value is -2.34. The Morgan fingerprint density at radius 2 is 1.62 bits per heavy atom. The van der Waals surface area contributed by atoms with Crippen LogP contribution in [0.1, 0.15) is 31.0 Å². The Morgan fingerprint density at radius 3 is 2.29 bits per heavy atom. The molecule has 0 aliphatic carbocycles. The summed E-state index contributed by atoms with van der Waals surface area (Å²) >= 11 is 0. The van der Waals surface area contributed by atoms with Gasteiger partial charge in [0.25, 0.3) is 0 Å². The van der Waals surface area contributed by atoms with Crippen LogP contribution < -0.4 is 10.6 Å². The molecule has 24 heavy (non-hydrogen) atoms. The van der Waals surface area contributed by atoms with Crippen molar-refractivity contribution < 1.29 is 18.0 Å². The summed E-state index contributed by atoms with van der Waals surface area (Å²) in [6, 6.07) is 6.26. The summed E-state index contributed by atoms with van der Waals surface area (Å²) < 4.78 is 40.0. The zero-order chi connectivity index (χ0) is 17.9. The predicted octanol–water partition coefficient (Wildman–Crippen LogP) is 4.09. The van der Waals surface area contributed by atoms with E-state index in [2.05, 4.69) is 10.6 Å². The van der Waals surface area contributed by atoms with E-state index in [4.69, 9.17) is 0 Å². The van der Waals surface area contributed by atoms with Crippen molar-refractivity contribution in [2.75, 3.05) is 5.32 Å². The van der Waals surface area contributed by atoms with Gasteiger partial charge in [-0.2, -0.15) is 0 Å². The van der Waals surface area contributed by atoms with E-state index >= 15 is 0 Å². The molecule has 0 heterocycles. The minimum Gasteiger partial charge on any atom is -0.324 e. The van der Waals surface area contributed by atoms with Crippen LogP contribution in [-0.2, 0) is 4.79 Å². The number of hydrogen-bond donors (Lipinski definition) is 2. The Balaban J connectivity index is 2.04. The van der Waals surface area contributed by atoms with Gasteiger partial charge in [0.05, 0.1) is 6.04 Å². The van der Waals surface area contributed by atoms with Crippen molar-refractivity contribution in [2.24, 2.45) is 0 Å². The lowest BCUT2D eigenvalue weighted by Crippen LogP contribution is -2.39. The van der Waals surface area contributed by atoms with Crippen LogP contribution in [0.3, 0.4) is 0 Å². The lowest BCUT2D eigenvalue weighted by atomic mass is 10.1. The highest BCUT2D eigenvalue weighted by molar-refractivity contribution is 5.95. The molecule has 0 aromatic heterocycles. The van der Waals surface area contributed by atoms with Gasteiger partial charge >= 0.3 is 0 Å². The third-order valence-corrected chi connectivity index (χ3v) is 3.78. The van der Waals surface area contributed by atoms with Crippen LogP contribution in [0.5, 0.6) is 0 Å². The van der Waals surface area contributed by atoms with Crippen molar-refractivity contribution >= 4 is 11.6 Å². The molecule has 0 radical (unpaired) electrons. The summed E-state index contributed by atoms with van der Waals surface area (Å²) in [5.74, 6) is -2.16. The van der Waals surface area contributed by atoms with Crippen LogP contribution >= 0.6 is 0 Å². The fraction of sp³-hybridized carbons (Fsp3) is 0.278. The van der Waals surface area contributed by atoms with Crippen molar-refractivity contribution in [2.45, 2.75) is 32.9 Å². The standard InChI is InChI=1S/C18H19F3N2O/c1-10-4-5-14(20)9-17(10)23-18(24)12(3)22-11(2)15-7-6-13(19)8-16(15)21/h4-9,11-12,22H,1-3H3,(H,23,24). The molecule has 2 N–H and O–H groups in total. The van der Waals surface area contributed by atoms with E-state index in [-0.39, 0.29) is 11.5 Å². The van der Waals surface area contributed by atoms with Crippen molar-refractivity contribution in [3.05, 3.63) is 65.0 Å².